The quantitative estimate of drug-likeness (QED) is 0.130. The van der Waals surface area contributed by atoms with Crippen molar-refractivity contribution in [3.05, 3.63) is 181 Å². The smallest absolute Gasteiger partial charge is 0.135 e. The lowest BCUT2D eigenvalue weighted by Crippen LogP contribution is -2.15. The molecule has 0 spiro atoms. The fourth-order valence-corrected chi connectivity index (χ4v) is 10.0. The minimum atomic E-state index is -0.152. The highest BCUT2D eigenvalue weighted by Gasteiger charge is 2.38. The van der Waals surface area contributed by atoms with E-state index in [-0.39, 0.29) is 5.41 Å². The molecule has 0 bridgehead atoms. The third kappa shape index (κ3) is 3.94. The zero-order chi connectivity index (χ0) is 35.7. The van der Waals surface area contributed by atoms with Crippen molar-refractivity contribution < 1.29 is 4.42 Å². The van der Waals surface area contributed by atoms with E-state index < -0.39 is 0 Å². The Morgan fingerprint density at radius 1 is 0.352 bits per heavy atom. The predicted molar refractivity (Wildman–Crippen MR) is 230 cm³/mol. The Kier molecular flexibility index (Phi) is 5.90. The van der Waals surface area contributed by atoms with E-state index in [1.165, 1.54) is 98.4 Å². The Labute approximate surface area is 312 Å². The molecule has 54 heavy (non-hydrogen) atoms. The number of fused-ring (bicyclic) bond motifs is 14. The van der Waals surface area contributed by atoms with E-state index in [0.717, 1.165) is 21.9 Å². The first-order chi connectivity index (χ1) is 26.5. The second-order valence-electron chi connectivity index (χ2n) is 15.6. The van der Waals surface area contributed by atoms with Crippen LogP contribution in [0.3, 0.4) is 0 Å². The molecule has 1 nitrogen and oxygen atoms in total. The minimum absolute atomic E-state index is 0.152. The summed E-state index contributed by atoms with van der Waals surface area (Å²) in [7, 11) is 0. The molecule has 11 aromatic rings. The lowest BCUT2D eigenvalue weighted by Gasteiger charge is -2.25. The van der Waals surface area contributed by atoms with Gasteiger partial charge in [0.05, 0.1) is 0 Å². The van der Waals surface area contributed by atoms with Gasteiger partial charge in [0.1, 0.15) is 11.2 Å². The summed E-state index contributed by atoms with van der Waals surface area (Å²) in [6, 6.07) is 62.9. The molecule has 1 heteroatoms. The van der Waals surface area contributed by atoms with Gasteiger partial charge in [-0.3, -0.25) is 0 Å². The van der Waals surface area contributed by atoms with E-state index in [9.17, 15) is 0 Å². The number of hydrogen-bond acceptors (Lipinski definition) is 1. The second-order valence-corrected chi connectivity index (χ2v) is 15.6. The topological polar surface area (TPSA) is 13.1 Å². The Morgan fingerprint density at radius 3 is 1.48 bits per heavy atom. The first-order valence-electron chi connectivity index (χ1n) is 18.9. The number of furan rings is 1. The molecule has 12 rings (SSSR count). The molecule has 0 aliphatic heterocycles. The number of benzene rings is 10. The van der Waals surface area contributed by atoms with Crippen molar-refractivity contribution in [1.29, 1.82) is 0 Å². The molecular weight excluding hydrogens is 653 g/mol. The molecule has 0 fully saturated rings. The monoisotopic (exact) mass is 686 g/mol. The zero-order valence-electron chi connectivity index (χ0n) is 30.1. The van der Waals surface area contributed by atoms with Gasteiger partial charge in [-0.25, -0.2) is 0 Å². The van der Waals surface area contributed by atoms with Gasteiger partial charge in [-0.2, -0.15) is 0 Å². The zero-order valence-corrected chi connectivity index (χ0v) is 30.1. The first-order valence-corrected chi connectivity index (χ1v) is 18.9. The van der Waals surface area contributed by atoms with Crippen LogP contribution in [0.15, 0.2) is 174 Å². The van der Waals surface area contributed by atoms with Crippen LogP contribution < -0.4 is 0 Å². The lowest BCUT2D eigenvalue weighted by atomic mass is 9.78. The molecule has 0 N–H and O–H groups in total. The third-order valence-electron chi connectivity index (χ3n) is 12.4. The Bertz CT molecular complexity index is 3350. The molecule has 0 saturated heterocycles. The average molecular weight is 687 g/mol. The van der Waals surface area contributed by atoms with Crippen molar-refractivity contribution in [3.63, 3.8) is 0 Å². The fraction of sp³-hybridized carbons (Fsp3) is 0.0566. The van der Waals surface area contributed by atoms with Crippen LogP contribution in [0.2, 0.25) is 0 Å². The van der Waals surface area contributed by atoms with Crippen molar-refractivity contribution in [2.75, 3.05) is 0 Å². The summed E-state index contributed by atoms with van der Waals surface area (Å²) in [5.74, 6) is 0. The van der Waals surface area contributed by atoms with Crippen LogP contribution >= 0.6 is 0 Å². The van der Waals surface area contributed by atoms with Crippen molar-refractivity contribution in [1.82, 2.24) is 0 Å². The van der Waals surface area contributed by atoms with Gasteiger partial charge < -0.3 is 4.42 Å². The van der Waals surface area contributed by atoms with Crippen LogP contribution in [0.25, 0.3) is 109 Å². The molecule has 252 valence electrons. The predicted octanol–water partition coefficient (Wildman–Crippen LogP) is 15.0. The number of para-hydroxylation sites is 1. The maximum atomic E-state index is 6.24. The fourth-order valence-electron chi connectivity index (χ4n) is 10.0. The average Bonchev–Trinajstić information content (AvgIpc) is 3.70. The maximum absolute atomic E-state index is 6.24. The van der Waals surface area contributed by atoms with Crippen LogP contribution in [-0.2, 0) is 5.41 Å². The molecule has 1 aliphatic rings. The van der Waals surface area contributed by atoms with E-state index in [4.69, 9.17) is 4.42 Å². The molecular formula is C53H34O. The standard InChI is InChI=1S/C53H34O/c1-53(2)46-30-32-14-4-3-13-31(32)27-45(46)51-37-17-6-5-15-35(37)43-28-33(23-25-42(43)52(51)53)49-38-18-7-9-20-40(38)50(41-21-10-8-19-39(41)49)34-24-26-48-44(29-34)36-16-11-12-22-47(36)54-48/h3-30H,1-2H3. The minimum Gasteiger partial charge on any atom is -0.456 e. The van der Waals surface area contributed by atoms with E-state index in [1.807, 2.05) is 6.07 Å². The van der Waals surface area contributed by atoms with Crippen molar-refractivity contribution >= 4 is 75.8 Å². The van der Waals surface area contributed by atoms with Gasteiger partial charge in [0, 0.05) is 16.2 Å². The number of rotatable bonds is 2. The van der Waals surface area contributed by atoms with Crippen molar-refractivity contribution in [3.8, 4) is 33.4 Å². The Balaban J connectivity index is 1.14. The summed E-state index contributed by atoms with van der Waals surface area (Å²) in [6.45, 7) is 4.83. The van der Waals surface area contributed by atoms with Gasteiger partial charge in [0.2, 0.25) is 0 Å². The number of hydrogen-bond donors (Lipinski definition) is 0. The van der Waals surface area contributed by atoms with Crippen LogP contribution in [0.5, 0.6) is 0 Å². The van der Waals surface area contributed by atoms with Gasteiger partial charge in [0.25, 0.3) is 0 Å². The molecule has 0 radical (unpaired) electrons. The third-order valence-corrected chi connectivity index (χ3v) is 12.4. The normalized spacial score (nSPS) is 13.5. The highest BCUT2D eigenvalue weighted by molar-refractivity contribution is 6.24. The largest absolute Gasteiger partial charge is 0.456 e. The van der Waals surface area contributed by atoms with Gasteiger partial charge in [-0.15, -0.1) is 0 Å². The maximum Gasteiger partial charge on any atom is 0.135 e. The highest BCUT2D eigenvalue weighted by Crippen LogP contribution is 2.56. The van der Waals surface area contributed by atoms with Gasteiger partial charge in [-0.05, 0) is 135 Å². The van der Waals surface area contributed by atoms with E-state index in [0.29, 0.717) is 0 Å². The SMILES string of the molecule is CC1(C)c2cc3ccccc3cc2-c2c1c1ccc(-c3c4ccccc4c(-c4ccc5oc6ccccc6c5c4)c4ccccc34)cc1c1ccccc21. The highest BCUT2D eigenvalue weighted by atomic mass is 16.3. The lowest BCUT2D eigenvalue weighted by molar-refractivity contribution is 0.667. The Hall–Kier alpha value is -6.70. The van der Waals surface area contributed by atoms with E-state index >= 15 is 0 Å². The molecule has 0 unspecified atom stereocenters. The van der Waals surface area contributed by atoms with Gasteiger partial charge in [-0.1, -0.05) is 147 Å². The summed E-state index contributed by atoms with van der Waals surface area (Å²) in [5, 5.41) is 15.2. The van der Waals surface area contributed by atoms with Crippen molar-refractivity contribution in [2.24, 2.45) is 0 Å². The molecule has 1 aromatic heterocycles. The van der Waals surface area contributed by atoms with Crippen LogP contribution in [0.1, 0.15) is 25.0 Å². The molecule has 1 aliphatic carbocycles. The van der Waals surface area contributed by atoms with Gasteiger partial charge >= 0.3 is 0 Å². The molecule has 1 heterocycles. The molecule has 0 amide bonds. The summed E-state index contributed by atoms with van der Waals surface area (Å²) in [4.78, 5) is 0. The first kappa shape index (κ1) is 29.8. The van der Waals surface area contributed by atoms with Crippen molar-refractivity contribution in [2.45, 2.75) is 19.3 Å². The Morgan fingerprint density at radius 2 is 0.833 bits per heavy atom. The van der Waals surface area contributed by atoms with E-state index in [1.54, 1.807) is 0 Å². The molecule has 10 aromatic carbocycles. The summed E-state index contributed by atoms with van der Waals surface area (Å²) in [5.41, 5.74) is 12.2. The van der Waals surface area contributed by atoms with E-state index in [2.05, 4.69) is 178 Å². The molecule has 0 saturated carbocycles. The van der Waals surface area contributed by atoms with Crippen LogP contribution in [-0.4, -0.2) is 0 Å². The summed E-state index contributed by atoms with van der Waals surface area (Å²) < 4.78 is 6.24. The van der Waals surface area contributed by atoms with Crippen LogP contribution in [0.4, 0.5) is 0 Å². The summed E-state index contributed by atoms with van der Waals surface area (Å²) >= 11 is 0. The summed E-state index contributed by atoms with van der Waals surface area (Å²) in [6.07, 6.45) is 0. The second kappa shape index (κ2) is 10.7. The van der Waals surface area contributed by atoms with Crippen LogP contribution in [0, 0.1) is 0 Å². The molecule has 0 atom stereocenters. The van der Waals surface area contributed by atoms with Gasteiger partial charge in [0.15, 0.2) is 0 Å².